The number of nitrogens with two attached hydrogens (primary N) is 1. The van der Waals surface area contributed by atoms with E-state index in [9.17, 15) is 0 Å². The van der Waals surface area contributed by atoms with Gasteiger partial charge in [-0.1, -0.05) is 13.3 Å². The largest absolute Gasteiger partial charge is 0.330 e. The Balaban J connectivity index is 2.18. The average molecular weight is 281 g/mol. The fraction of sp³-hybridized carbons (Fsp3) is 0.800. The minimum Gasteiger partial charge on any atom is -0.330 e. The maximum Gasteiger partial charge on any atom is 0.0990 e. The zero-order valence-electron chi connectivity index (χ0n) is 12.5. The third-order valence-corrected chi connectivity index (χ3v) is 5.46. The summed E-state index contributed by atoms with van der Waals surface area (Å²) in [5.41, 5.74) is 7.27. The number of hydrogen-bond acceptors (Lipinski definition) is 4. The molecule has 0 aromatic carbocycles. The molecule has 0 spiro atoms. The number of aromatic nitrogens is 1. The summed E-state index contributed by atoms with van der Waals surface area (Å²) in [6.07, 6.45) is 5.18. The number of likely N-dealkylation sites (tertiary alicyclic amines) is 1. The fourth-order valence-corrected chi connectivity index (χ4v) is 4.21. The predicted molar refractivity (Wildman–Crippen MR) is 82.9 cm³/mol. The Bertz CT molecular complexity index is 381. The van der Waals surface area contributed by atoms with E-state index >= 15 is 0 Å². The SMILES string of the molecule is CCCN1CCCCC1C(CN)c1nc(C)c(C)s1. The molecule has 4 heteroatoms. The monoisotopic (exact) mass is 281 g/mol. The van der Waals surface area contributed by atoms with Crippen LogP contribution in [0.5, 0.6) is 0 Å². The molecule has 1 aliphatic rings. The van der Waals surface area contributed by atoms with Crippen molar-refractivity contribution in [2.45, 2.75) is 58.4 Å². The van der Waals surface area contributed by atoms with E-state index in [1.807, 2.05) is 11.3 Å². The molecule has 1 fully saturated rings. The molecule has 0 radical (unpaired) electrons. The van der Waals surface area contributed by atoms with Gasteiger partial charge < -0.3 is 5.73 Å². The molecule has 19 heavy (non-hydrogen) atoms. The van der Waals surface area contributed by atoms with Gasteiger partial charge in [0.15, 0.2) is 0 Å². The first-order valence-corrected chi connectivity index (χ1v) is 8.37. The van der Waals surface area contributed by atoms with Gasteiger partial charge >= 0.3 is 0 Å². The normalized spacial score (nSPS) is 22.6. The molecular formula is C15H27N3S. The van der Waals surface area contributed by atoms with Crippen LogP contribution in [0.25, 0.3) is 0 Å². The predicted octanol–water partition coefficient (Wildman–Crippen LogP) is 3.07. The van der Waals surface area contributed by atoms with Crippen molar-refractivity contribution in [1.82, 2.24) is 9.88 Å². The summed E-state index contributed by atoms with van der Waals surface area (Å²) >= 11 is 1.84. The fourth-order valence-electron chi connectivity index (χ4n) is 3.12. The Morgan fingerprint density at radius 2 is 2.21 bits per heavy atom. The van der Waals surface area contributed by atoms with Crippen molar-refractivity contribution < 1.29 is 0 Å². The lowest BCUT2D eigenvalue weighted by molar-refractivity contribution is 0.127. The topological polar surface area (TPSA) is 42.1 Å². The summed E-state index contributed by atoms with van der Waals surface area (Å²) in [5, 5.41) is 1.26. The van der Waals surface area contributed by atoms with E-state index in [0.29, 0.717) is 12.0 Å². The van der Waals surface area contributed by atoms with E-state index in [1.165, 1.54) is 54.4 Å². The Labute approximate surface area is 121 Å². The highest BCUT2D eigenvalue weighted by molar-refractivity contribution is 7.11. The first-order chi connectivity index (χ1) is 9.17. The zero-order chi connectivity index (χ0) is 13.8. The minimum absolute atomic E-state index is 0.421. The van der Waals surface area contributed by atoms with Crippen molar-refractivity contribution in [1.29, 1.82) is 0 Å². The van der Waals surface area contributed by atoms with Crippen molar-refractivity contribution in [3.05, 3.63) is 15.6 Å². The van der Waals surface area contributed by atoms with E-state index in [0.717, 1.165) is 6.54 Å². The van der Waals surface area contributed by atoms with Crippen LogP contribution in [0.4, 0.5) is 0 Å². The highest BCUT2D eigenvalue weighted by Crippen LogP contribution is 2.33. The van der Waals surface area contributed by atoms with Gasteiger partial charge in [-0.25, -0.2) is 4.98 Å². The Morgan fingerprint density at radius 1 is 1.42 bits per heavy atom. The number of nitrogens with zero attached hydrogens (tertiary/aromatic N) is 2. The number of thiazole rings is 1. The second kappa shape index (κ2) is 6.82. The lowest BCUT2D eigenvalue weighted by Gasteiger charge is -2.39. The van der Waals surface area contributed by atoms with Crippen LogP contribution in [0, 0.1) is 13.8 Å². The summed E-state index contributed by atoms with van der Waals surface area (Å²) in [6.45, 7) is 9.68. The van der Waals surface area contributed by atoms with Crippen LogP contribution in [-0.4, -0.2) is 35.6 Å². The van der Waals surface area contributed by atoms with Crippen molar-refractivity contribution in [2.24, 2.45) is 5.73 Å². The van der Waals surface area contributed by atoms with Crippen LogP contribution >= 0.6 is 11.3 Å². The van der Waals surface area contributed by atoms with Gasteiger partial charge in [-0.15, -0.1) is 11.3 Å². The zero-order valence-corrected chi connectivity index (χ0v) is 13.3. The summed E-state index contributed by atoms with van der Waals surface area (Å²) in [6, 6.07) is 0.601. The van der Waals surface area contributed by atoms with E-state index in [1.54, 1.807) is 0 Å². The molecule has 1 aliphatic heterocycles. The standard InChI is InChI=1S/C15H27N3S/c1-4-8-18-9-6-5-7-14(18)13(10-16)15-17-11(2)12(3)19-15/h13-14H,4-10,16H2,1-3H3. The van der Waals surface area contributed by atoms with Gasteiger partial charge in [-0.3, -0.25) is 4.90 Å². The highest BCUT2D eigenvalue weighted by Gasteiger charge is 2.31. The molecule has 2 heterocycles. The van der Waals surface area contributed by atoms with E-state index in [4.69, 9.17) is 10.7 Å². The van der Waals surface area contributed by atoms with Crippen molar-refractivity contribution in [3.63, 3.8) is 0 Å². The minimum atomic E-state index is 0.421. The van der Waals surface area contributed by atoms with E-state index in [2.05, 4.69) is 25.7 Å². The summed E-state index contributed by atoms with van der Waals surface area (Å²) in [4.78, 5) is 8.75. The van der Waals surface area contributed by atoms with Crippen molar-refractivity contribution >= 4 is 11.3 Å². The summed E-state index contributed by atoms with van der Waals surface area (Å²) < 4.78 is 0. The second-order valence-electron chi connectivity index (χ2n) is 5.63. The number of hydrogen-bond donors (Lipinski definition) is 1. The molecule has 0 saturated carbocycles. The van der Waals surface area contributed by atoms with Gasteiger partial charge in [0.25, 0.3) is 0 Å². The Hall–Kier alpha value is -0.450. The van der Waals surface area contributed by atoms with Gasteiger partial charge in [0.2, 0.25) is 0 Å². The van der Waals surface area contributed by atoms with Crippen LogP contribution in [-0.2, 0) is 0 Å². The molecule has 2 N–H and O–H groups in total. The molecule has 0 bridgehead atoms. The molecule has 1 aromatic rings. The van der Waals surface area contributed by atoms with Crippen LogP contribution < -0.4 is 5.73 Å². The highest BCUT2D eigenvalue weighted by atomic mass is 32.1. The third-order valence-electron chi connectivity index (χ3n) is 4.26. The van der Waals surface area contributed by atoms with E-state index in [-0.39, 0.29) is 0 Å². The summed E-state index contributed by atoms with van der Waals surface area (Å²) in [5.74, 6) is 0.421. The maximum atomic E-state index is 6.09. The lowest BCUT2D eigenvalue weighted by Crippen LogP contribution is -2.45. The number of aryl methyl sites for hydroxylation is 2. The molecule has 2 atom stereocenters. The Morgan fingerprint density at radius 3 is 2.79 bits per heavy atom. The number of rotatable bonds is 5. The average Bonchev–Trinajstić information content (AvgIpc) is 2.73. The van der Waals surface area contributed by atoms with Crippen LogP contribution in [0.1, 0.15) is 54.1 Å². The number of piperidine rings is 1. The molecular weight excluding hydrogens is 254 g/mol. The van der Waals surface area contributed by atoms with E-state index < -0.39 is 0 Å². The molecule has 1 saturated heterocycles. The van der Waals surface area contributed by atoms with Crippen molar-refractivity contribution in [2.75, 3.05) is 19.6 Å². The third kappa shape index (κ3) is 3.36. The van der Waals surface area contributed by atoms with Gasteiger partial charge in [0.05, 0.1) is 10.7 Å². The van der Waals surface area contributed by atoms with Crippen LogP contribution in [0.15, 0.2) is 0 Å². The molecule has 2 rings (SSSR count). The second-order valence-corrected chi connectivity index (χ2v) is 6.87. The van der Waals surface area contributed by atoms with Gasteiger partial charge in [-0.05, 0) is 46.2 Å². The first kappa shape index (κ1) is 14.9. The molecule has 0 aliphatic carbocycles. The van der Waals surface area contributed by atoms with Crippen molar-refractivity contribution in [3.8, 4) is 0 Å². The molecule has 0 amide bonds. The van der Waals surface area contributed by atoms with Gasteiger partial charge in [0, 0.05) is 23.4 Å². The van der Waals surface area contributed by atoms with Gasteiger partial charge in [0.1, 0.15) is 0 Å². The maximum absolute atomic E-state index is 6.09. The quantitative estimate of drug-likeness (QED) is 0.902. The first-order valence-electron chi connectivity index (χ1n) is 7.55. The van der Waals surface area contributed by atoms with Crippen LogP contribution in [0.3, 0.4) is 0 Å². The summed E-state index contributed by atoms with van der Waals surface area (Å²) in [7, 11) is 0. The molecule has 1 aromatic heterocycles. The molecule has 2 unspecified atom stereocenters. The lowest BCUT2D eigenvalue weighted by atomic mass is 9.90. The van der Waals surface area contributed by atoms with Gasteiger partial charge in [-0.2, -0.15) is 0 Å². The molecule has 108 valence electrons. The Kier molecular flexibility index (Phi) is 5.37. The van der Waals surface area contributed by atoms with Crippen LogP contribution in [0.2, 0.25) is 0 Å². The molecule has 3 nitrogen and oxygen atoms in total. The smallest absolute Gasteiger partial charge is 0.0990 e.